The van der Waals surface area contributed by atoms with E-state index in [1.807, 2.05) is 4.90 Å². The lowest BCUT2D eigenvalue weighted by Crippen LogP contribution is -2.46. The van der Waals surface area contributed by atoms with E-state index in [4.69, 9.17) is 0 Å². The van der Waals surface area contributed by atoms with Gasteiger partial charge in [-0.3, -0.25) is 14.6 Å². The maximum absolute atomic E-state index is 13.6. The number of carbonyl (C=O) groups is 2. The number of carbonyl (C=O) groups excluding carboxylic acids is 2. The summed E-state index contributed by atoms with van der Waals surface area (Å²) < 4.78 is 27.2. The second-order valence-corrected chi connectivity index (χ2v) is 12.3. The largest absolute Gasteiger partial charge is 0.356 e. The van der Waals surface area contributed by atoms with Crippen LogP contribution in [0.5, 0.6) is 0 Å². The molecule has 40 heavy (non-hydrogen) atoms. The van der Waals surface area contributed by atoms with Crippen molar-refractivity contribution in [2.24, 2.45) is 23.2 Å². The number of halogens is 2. The Morgan fingerprint density at radius 1 is 1.27 bits per heavy atom. The van der Waals surface area contributed by atoms with Crippen LogP contribution < -0.4 is 5.32 Å². The first kappa shape index (κ1) is 33.9. The summed E-state index contributed by atoms with van der Waals surface area (Å²) in [5.74, 6) is -0.602. The monoisotopic (exact) mass is 561 g/mol. The minimum absolute atomic E-state index is 0.0532. The minimum Gasteiger partial charge on any atom is -0.356 e. The van der Waals surface area contributed by atoms with Gasteiger partial charge in [0.15, 0.2) is 0 Å². The predicted octanol–water partition coefficient (Wildman–Crippen LogP) is 7.83. The summed E-state index contributed by atoms with van der Waals surface area (Å²) in [6.07, 6.45) is 16.1. The first-order chi connectivity index (χ1) is 18.9. The molecule has 3 atom stereocenters. The Labute approximate surface area is 241 Å². The number of likely N-dealkylation sites (N-methyl/N-ethyl adjacent to an activating group) is 1. The van der Waals surface area contributed by atoms with Crippen molar-refractivity contribution in [3.05, 3.63) is 41.2 Å². The normalized spacial score (nSPS) is 23.6. The molecule has 2 heterocycles. The van der Waals surface area contributed by atoms with Crippen LogP contribution in [0.4, 0.5) is 8.78 Å². The molecular formula is C33H53F2N3O2. The van der Waals surface area contributed by atoms with Gasteiger partial charge < -0.3 is 10.2 Å². The number of nitrogens with zero attached hydrogens (tertiary/aromatic N) is 2. The fourth-order valence-electron chi connectivity index (χ4n) is 6.84. The number of aromatic nitrogens is 1. The molecule has 4 rings (SSSR count). The maximum atomic E-state index is 13.6. The molecule has 226 valence electrons. The molecule has 0 spiro atoms. The number of nitrogens with one attached hydrogen (secondary N) is 1. The van der Waals surface area contributed by atoms with Gasteiger partial charge in [-0.05, 0) is 68.1 Å². The number of rotatable bonds is 7. The standard InChI is InChI=1S/C20H26F2N2O.C8H18.C5H9NO/c1-13-8-15-4-3-6-20(15,10-13)18(25)24-7-5-17-14(12-24)9-16(11-23-17)19(2,21)22;1-4-6-8(3)7-5-2;1-3-4-5(7)6-2/h9,11,13,15H,3-8,10,12H2,1-2H3;8H,4-7H2,1-3H3;3-4H,1-2H3,(H,6,7)/b;;4-3-/t13-,15?,20?;;/m1../s1. The van der Waals surface area contributed by atoms with Gasteiger partial charge >= 0.3 is 0 Å². The molecule has 1 aliphatic heterocycles. The summed E-state index contributed by atoms with van der Waals surface area (Å²) in [4.78, 5) is 29.8. The second kappa shape index (κ2) is 15.6. The van der Waals surface area contributed by atoms with Gasteiger partial charge in [0, 0.05) is 50.9 Å². The molecule has 2 fully saturated rings. The Bertz CT molecular complexity index is 984. The Kier molecular flexibility index (Phi) is 13.2. The van der Waals surface area contributed by atoms with Gasteiger partial charge in [0.2, 0.25) is 11.8 Å². The van der Waals surface area contributed by atoms with E-state index in [2.05, 4.69) is 38.0 Å². The van der Waals surface area contributed by atoms with E-state index < -0.39 is 5.92 Å². The molecule has 7 heteroatoms. The van der Waals surface area contributed by atoms with Crippen LogP contribution in [-0.4, -0.2) is 35.3 Å². The van der Waals surface area contributed by atoms with Crippen molar-refractivity contribution >= 4 is 11.8 Å². The lowest BCUT2D eigenvalue weighted by atomic mass is 9.78. The molecule has 2 aliphatic carbocycles. The highest BCUT2D eigenvalue weighted by Crippen LogP contribution is 2.57. The van der Waals surface area contributed by atoms with Gasteiger partial charge in [-0.2, -0.15) is 0 Å². The summed E-state index contributed by atoms with van der Waals surface area (Å²) in [5, 5.41) is 2.44. The van der Waals surface area contributed by atoms with Crippen LogP contribution in [0.3, 0.4) is 0 Å². The van der Waals surface area contributed by atoms with Crippen molar-refractivity contribution in [1.29, 1.82) is 0 Å². The number of hydrogen-bond acceptors (Lipinski definition) is 3. The van der Waals surface area contributed by atoms with Crippen LogP contribution in [0.15, 0.2) is 24.4 Å². The van der Waals surface area contributed by atoms with Crippen LogP contribution >= 0.6 is 0 Å². The van der Waals surface area contributed by atoms with E-state index in [1.165, 1.54) is 38.0 Å². The highest BCUT2D eigenvalue weighted by atomic mass is 19.3. The van der Waals surface area contributed by atoms with Crippen molar-refractivity contribution in [2.75, 3.05) is 13.6 Å². The van der Waals surface area contributed by atoms with Crippen LogP contribution in [0.1, 0.15) is 116 Å². The SMILES string of the molecule is C/C=C\C(=O)NC.CCCC(C)CCC.C[C@@H]1CC2CCCC2(C(=O)N2CCc3ncc(C(C)(F)F)cc3C2)C1. The predicted molar refractivity (Wildman–Crippen MR) is 159 cm³/mol. The Morgan fingerprint density at radius 3 is 2.50 bits per heavy atom. The quantitative estimate of drug-likeness (QED) is 0.345. The van der Waals surface area contributed by atoms with Crippen molar-refractivity contribution in [1.82, 2.24) is 15.2 Å². The summed E-state index contributed by atoms with van der Waals surface area (Å²) in [7, 11) is 1.60. The van der Waals surface area contributed by atoms with E-state index in [-0.39, 0.29) is 22.8 Å². The molecule has 1 N–H and O–H groups in total. The number of allylic oxidation sites excluding steroid dienone is 1. The van der Waals surface area contributed by atoms with Gasteiger partial charge in [0.05, 0.1) is 5.41 Å². The van der Waals surface area contributed by atoms with Crippen LogP contribution in [0.2, 0.25) is 0 Å². The molecule has 2 unspecified atom stereocenters. The van der Waals surface area contributed by atoms with Crippen molar-refractivity contribution < 1.29 is 18.4 Å². The molecule has 0 saturated heterocycles. The lowest BCUT2D eigenvalue weighted by Gasteiger charge is -2.37. The van der Waals surface area contributed by atoms with Crippen LogP contribution in [0, 0.1) is 23.2 Å². The Hall–Kier alpha value is -2.31. The summed E-state index contributed by atoms with van der Waals surface area (Å²) >= 11 is 0. The minimum atomic E-state index is -2.90. The molecule has 5 nitrogen and oxygen atoms in total. The molecule has 2 saturated carbocycles. The zero-order valence-electron chi connectivity index (χ0n) is 26.0. The van der Waals surface area contributed by atoms with E-state index in [0.717, 1.165) is 56.2 Å². The Morgan fingerprint density at radius 2 is 1.95 bits per heavy atom. The molecule has 0 radical (unpaired) electrons. The number of fused-ring (bicyclic) bond motifs is 2. The molecule has 0 aromatic carbocycles. The van der Waals surface area contributed by atoms with Gasteiger partial charge in [-0.15, -0.1) is 0 Å². The summed E-state index contributed by atoms with van der Waals surface area (Å²) in [6.45, 7) is 12.9. The van der Waals surface area contributed by atoms with Gasteiger partial charge in [-0.1, -0.05) is 65.9 Å². The summed E-state index contributed by atoms with van der Waals surface area (Å²) in [6, 6.07) is 1.54. The third kappa shape index (κ3) is 9.10. The maximum Gasteiger partial charge on any atom is 0.272 e. The molecule has 1 aromatic rings. The van der Waals surface area contributed by atoms with Crippen molar-refractivity contribution in [3.63, 3.8) is 0 Å². The third-order valence-corrected chi connectivity index (χ3v) is 8.74. The highest BCUT2D eigenvalue weighted by molar-refractivity contribution is 5.87. The van der Waals surface area contributed by atoms with Gasteiger partial charge in [0.25, 0.3) is 5.92 Å². The number of pyridine rings is 1. The number of hydrogen-bond donors (Lipinski definition) is 1. The zero-order chi connectivity index (χ0) is 29.9. The highest BCUT2D eigenvalue weighted by Gasteiger charge is 2.55. The van der Waals surface area contributed by atoms with Crippen LogP contribution in [0.25, 0.3) is 0 Å². The van der Waals surface area contributed by atoms with E-state index >= 15 is 0 Å². The fourth-order valence-corrected chi connectivity index (χ4v) is 6.84. The summed E-state index contributed by atoms with van der Waals surface area (Å²) in [5.41, 5.74) is 1.40. The molecule has 3 aliphatic rings. The second-order valence-electron chi connectivity index (χ2n) is 12.3. The third-order valence-electron chi connectivity index (χ3n) is 8.74. The van der Waals surface area contributed by atoms with Crippen molar-refractivity contribution in [2.45, 2.75) is 118 Å². The first-order valence-electron chi connectivity index (χ1n) is 15.4. The molecule has 2 amide bonds. The smallest absolute Gasteiger partial charge is 0.272 e. The van der Waals surface area contributed by atoms with Crippen LogP contribution in [-0.2, 0) is 28.5 Å². The van der Waals surface area contributed by atoms with E-state index in [9.17, 15) is 18.4 Å². The molecule has 0 bridgehead atoms. The average molecular weight is 562 g/mol. The molecule has 1 aromatic heterocycles. The topological polar surface area (TPSA) is 62.3 Å². The van der Waals surface area contributed by atoms with E-state index in [0.29, 0.717) is 31.3 Å². The fraction of sp³-hybridized carbons (Fsp3) is 0.727. The molecular weight excluding hydrogens is 508 g/mol. The van der Waals surface area contributed by atoms with Gasteiger partial charge in [0.1, 0.15) is 0 Å². The number of amides is 2. The lowest BCUT2D eigenvalue weighted by molar-refractivity contribution is -0.144. The van der Waals surface area contributed by atoms with E-state index in [1.54, 1.807) is 26.1 Å². The number of alkyl halides is 2. The zero-order valence-corrected chi connectivity index (χ0v) is 26.0. The van der Waals surface area contributed by atoms with Crippen molar-refractivity contribution in [3.8, 4) is 0 Å². The first-order valence-corrected chi connectivity index (χ1v) is 15.4. The Balaban J connectivity index is 0.000000310. The van der Waals surface area contributed by atoms with Gasteiger partial charge in [-0.25, -0.2) is 8.78 Å². The average Bonchev–Trinajstić information content (AvgIpc) is 3.45.